The van der Waals surface area contributed by atoms with Crippen molar-refractivity contribution in [3.8, 4) is 0 Å². The van der Waals surface area contributed by atoms with Crippen molar-refractivity contribution in [2.45, 2.75) is 32.7 Å². The smallest absolute Gasteiger partial charge is 0.226 e. The summed E-state index contributed by atoms with van der Waals surface area (Å²) < 4.78 is 4.75. The average Bonchev–Trinajstić information content (AvgIpc) is 2.34. The minimum atomic E-state index is -0.194. The SMILES string of the molecule is CC(C)(C)NC(=O)Cc1cocn1. The molecule has 0 aliphatic heterocycles. The van der Waals surface area contributed by atoms with Gasteiger partial charge in [0.25, 0.3) is 0 Å². The molecule has 1 aromatic rings. The average molecular weight is 182 g/mol. The molecule has 0 saturated heterocycles. The van der Waals surface area contributed by atoms with E-state index in [0.29, 0.717) is 5.69 Å². The summed E-state index contributed by atoms with van der Waals surface area (Å²) in [4.78, 5) is 15.2. The van der Waals surface area contributed by atoms with Gasteiger partial charge < -0.3 is 9.73 Å². The fourth-order valence-electron chi connectivity index (χ4n) is 0.952. The fourth-order valence-corrected chi connectivity index (χ4v) is 0.952. The number of hydrogen-bond donors (Lipinski definition) is 1. The molecule has 1 N–H and O–H groups in total. The molecule has 0 saturated carbocycles. The molecular formula is C9H14N2O2. The number of oxazole rings is 1. The molecule has 4 heteroatoms. The standard InChI is InChI=1S/C9H14N2O2/c1-9(2,3)11-8(12)4-7-5-13-6-10-7/h5-6H,4H2,1-3H3,(H,11,12). The van der Waals surface area contributed by atoms with E-state index in [1.807, 2.05) is 20.8 Å². The van der Waals surface area contributed by atoms with Crippen LogP contribution in [0.1, 0.15) is 26.5 Å². The van der Waals surface area contributed by atoms with Gasteiger partial charge in [0.05, 0.1) is 12.1 Å². The maximum atomic E-state index is 11.3. The summed E-state index contributed by atoms with van der Waals surface area (Å²) in [5, 5.41) is 2.84. The van der Waals surface area contributed by atoms with Gasteiger partial charge in [-0.15, -0.1) is 0 Å². The number of nitrogens with zero attached hydrogens (tertiary/aromatic N) is 1. The molecule has 1 aromatic heterocycles. The number of nitrogens with one attached hydrogen (secondary N) is 1. The van der Waals surface area contributed by atoms with E-state index in [4.69, 9.17) is 4.42 Å². The first-order valence-electron chi connectivity index (χ1n) is 4.15. The molecule has 0 unspecified atom stereocenters. The fraction of sp³-hybridized carbons (Fsp3) is 0.556. The molecule has 1 heterocycles. The summed E-state index contributed by atoms with van der Waals surface area (Å²) in [6.45, 7) is 5.81. The van der Waals surface area contributed by atoms with Gasteiger partial charge in [-0.3, -0.25) is 4.79 Å². The van der Waals surface area contributed by atoms with Gasteiger partial charge in [-0.25, -0.2) is 4.98 Å². The van der Waals surface area contributed by atoms with Gasteiger partial charge in [-0.2, -0.15) is 0 Å². The Morgan fingerprint density at radius 1 is 1.62 bits per heavy atom. The van der Waals surface area contributed by atoms with Gasteiger partial charge in [0, 0.05) is 5.54 Å². The summed E-state index contributed by atoms with van der Waals surface area (Å²) in [5.41, 5.74) is 0.461. The molecule has 0 aromatic carbocycles. The van der Waals surface area contributed by atoms with Crippen molar-refractivity contribution < 1.29 is 9.21 Å². The molecule has 1 amide bonds. The summed E-state index contributed by atoms with van der Waals surface area (Å²) in [5.74, 6) is -0.0404. The van der Waals surface area contributed by atoms with Crippen LogP contribution < -0.4 is 5.32 Å². The monoisotopic (exact) mass is 182 g/mol. The summed E-state index contributed by atoms with van der Waals surface area (Å²) in [6, 6.07) is 0. The maximum Gasteiger partial charge on any atom is 0.226 e. The first-order valence-corrected chi connectivity index (χ1v) is 4.15. The normalized spacial score (nSPS) is 11.3. The highest BCUT2D eigenvalue weighted by Crippen LogP contribution is 2.01. The van der Waals surface area contributed by atoms with Crippen LogP contribution in [0.3, 0.4) is 0 Å². The van der Waals surface area contributed by atoms with E-state index in [1.54, 1.807) is 0 Å². The Morgan fingerprint density at radius 2 is 2.31 bits per heavy atom. The topological polar surface area (TPSA) is 55.1 Å². The molecule has 0 spiro atoms. The highest BCUT2D eigenvalue weighted by molar-refractivity contribution is 5.78. The van der Waals surface area contributed by atoms with Gasteiger partial charge in [0.1, 0.15) is 6.26 Å². The predicted molar refractivity (Wildman–Crippen MR) is 48.1 cm³/mol. The van der Waals surface area contributed by atoms with E-state index in [-0.39, 0.29) is 17.9 Å². The van der Waals surface area contributed by atoms with Crippen LogP contribution in [0.25, 0.3) is 0 Å². The summed E-state index contributed by atoms with van der Waals surface area (Å²) in [7, 11) is 0. The van der Waals surface area contributed by atoms with Crippen molar-refractivity contribution in [3.63, 3.8) is 0 Å². The highest BCUT2D eigenvalue weighted by atomic mass is 16.3. The zero-order valence-corrected chi connectivity index (χ0v) is 8.13. The Kier molecular flexibility index (Phi) is 2.70. The number of carbonyl (C=O) groups excluding carboxylic acids is 1. The van der Waals surface area contributed by atoms with Gasteiger partial charge in [-0.1, -0.05) is 0 Å². The first kappa shape index (κ1) is 9.77. The third kappa shape index (κ3) is 3.73. The lowest BCUT2D eigenvalue weighted by molar-refractivity contribution is -0.121. The van der Waals surface area contributed by atoms with E-state index < -0.39 is 0 Å². The van der Waals surface area contributed by atoms with Crippen LogP contribution in [-0.4, -0.2) is 16.4 Å². The molecular weight excluding hydrogens is 168 g/mol. The van der Waals surface area contributed by atoms with Crippen LogP contribution in [0.4, 0.5) is 0 Å². The Balaban J connectivity index is 2.43. The molecule has 0 aliphatic rings. The van der Waals surface area contributed by atoms with Crippen molar-refractivity contribution in [2.24, 2.45) is 0 Å². The lowest BCUT2D eigenvalue weighted by Gasteiger charge is -2.19. The van der Waals surface area contributed by atoms with Crippen molar-refractivity contribution in [2.75, 3.05) is 0 Å². The van der Waals surface area contributed by atoms with Crippen LogP contribution >= 0.6 is 0 Å². The summed E-state index contributed by atoms with van der Waals surface area (Å²) in [6.07, 6.45) is 3.07. The number of hydrogen-bond acceptors (Lipinski definition) is 3. The molecule has 13 heavy (non-hydrogen) atoms. The molecule has 72 valence electrons. The molecule has 1 rings (SSSR count). The van der Waals surface area contributed by atoms with Crippen molar-refractivity contribution in [1.29, 1.82) is 0 Å². The van der Waals surface area contributed by atoms with Gasteiger partial charge in [0.2, 0.25) is 5.91 Å². The van der Waals surface area contributed by atoms with Gasteiger partial charge in [0.15, 0.2) is 6.39 Å². The number of rotatable bonds is 2. The second-order valence-electron chi connectivity index (χ2n) is 3.95. The van der Waals surface area contributed by atoms with Crippen molar-refractivity contribution in [3.05, 3.63) is 18.4 Å². The zero-order chi connectivity index (χ0) is 9.90. The van der Waals surface area contributed by atoms with Crippen molar-refractivity contribution >= 4 is 5.91 Å². The number of aromatic nitrogens is 1. The Morgan fingerprint density at radius 3 is 2.77 bits per heavy atom. The van der Waals surface area contributed by atoms with E-state index in [2.05, 4.69) is 10.3 Å². The first-order chi connectivity index (χ1) is 5.97. The number of amides is 1. The van der Waals surface area contributed by atoms with Gasteiger partial charge in [-0.05, 0) is 20.8 Å². The largest absolute Gasteiger partial charge is 0.451 e. The van der Waals surface area contributed by atoms with Gasteiger partial charge >= 0.3 is 0 Å². The van der Waals surface area contributed by atoms with E-state index in [0.717, 1.165) is 0 Å². The van der Waals surface area contributed by atoms with Crippen LogP contribution in [0.5, 0.6) is 0 Å². The van der Waals surface area contributed by atoms with Crippen LogP contribution in [0.2, 0.25) is 0 Å². The lowest BCUT2D eigenvalue weighted by Crippen LogP contribution is -2.41. The molecule has 0 aliphatic carbocycles. The van der Waals surface area contributed by atoms with Crippen LogP contribution in [0, 0.1) is 0 Å². The molecule has 0 fully saturated rings. The maximum absolute atomic E-state index is 11.3. The van der Waals surface area contributed by atoms with Crippen LogP contribution in [0.15, 0.2) is 17.1 Å². The number of carbonyl (C=O) groups is 1. The minimum absolute atomic E-state index is 0.0404. The molecule has 0 radical (unpaired) electrons. The quantitative estimate of drug-likeness (QED) is 0.746. The van der Waals surface area contributed by atoms with E-state index >= 15 is 0 Å². The van der Waals surface area contributed by atoms with Crippen molar-refractivity contribution in [1.82, 2.24) is 10.3 Å². The summed E-state index contributed by atoms with van der Waals surface area (Å²) >= 11 is 0. The molecule has 0 bridgehead atoms. The van der Waals surface area contributed by atoms with Crippen LogP contribution in [-0.2, 0) is 11.2 Å². The third-order valence-corrected chi connectivity index (χ3v) is 1.34. The van der Waals surface area contributed by atoms with E-state index in [1.165, 1.54) is 12.7 Å². The predicted octanol–water partition coefficient (Wildman–Crippen LogP) is 1.13. The van der Waals surface area contributed by atoms with E-state index in [9.17, 15) is 4.79 Å². The molecule has 4 nitrogen and oxygen atoms in total. The Hall–Kier alpha value is -1.32. The lowest BCUT2D eigenvalue weighted by atomic mass is 10.1. The third-order valence-electron chi connectivity index (χ3n) is 1.34. The second kappa shape index (κ2) is 3.60. The molecule has 0 atom stereocenters. The minimum Gasteiger partial charge on any atom is -0.451 e. The second-order valence-corrected chi connectivity index (χ2v) is 3.95. The zero-order valence-electron chi connectivity index (χ0n) is 8.13. The highest BCUT2D eigenvalue weighted by Gasteiger charge is 2.14. The Labute approximate surface area is 77.3 Å². The Bertz CT molecular complexity index is 272.